The maximum absolute atomic E-state index is 12.4. The molecule has 0 radical (unpaired) electrons. The molecule has 1 atom stereocenters. The fourth-order valence-electron chi connectivity index (χ4n) is 2.49. The molecule has 1 amide bonds. The molecule has 1 aromatic heterocycles. The van der Waals surface area contributed by atoms with E-state index in [0.29, 0.717) is 13.0 Å². The molecule has 5 nitrogen and oxygen atoms in total. The van der Waals surface area contributed by atoms with Gasteiger partial charge in [-0.15, -0.1) is 0 Å². The number of amides is 1. The van der Waals surface area contributed by atoms with E-state index < -0.39 is 0 Å². The number of rotatable bonds is 6. The van der Waals surface area contributed by atoms with Gasteiger partial charge in [-0.2, -0.15) is 0 Å². The van der Waals surface area contributed by atoms with E-state index in [4.69, 9.17) is 4.74 Å². The van der Waals surface area contributed by atoms with Crippen LogP contribution in [0.5, 0.6) is 5.75 Å². The largest absolute Gasteiger partial charge is 0.496 e. The van der Waals surface area contributed by atoms with Crippen molar-refractivity contribution in [2.75, 3.05) is 14.2 Å². The van der Waals surface area contributed by atoms with Crippen LogP contribution in [0.2, 0.25) is 0 Å². The highest BCUT2D eigenvalue weighted by molar-refractivity contribution is 7.07. The molecule has 0 aliphatic rings. The minimum Gasteiger partial charge on any atom is -0.496 e. The van der Waals surface area contributed by atoms with Crippen molar-refractivity contribution in [3.8, 4) is 5.75 Å². The van der Waals surface area contributed by atoms with Crippen LogP contribution >= 0.6 is 11.3 Å². The van der Waals surface area contributed by atoms with E-state index >= 15 is 0 Å². The molecule has 124 valence electrons. The van der Waals surface area contributed by atoms with Crippen LogP contribution in [0.3, 0.4) is 0 Å². The normalized spacial score (nSPS) is 12.0. The van der Waals surface area contributed by atoms with Gasteiger partial charge in [-0.3, -0.25) is 9.59 Å². The van der Waals surface area contributed by atoms with Crippen LogP contribution in [-0.2, 0) is 11.3 Å². The highest BCUT2D eigenvalue weighted by atomic mass is 32.1. The van der Waals surface area contributed by atoms with Crippen molar-refractivity contribution in [3.63, 3.8) is 0 Å². The predicted molar refractivity (Wildman–Crippen MR) is 92.1 cm³/mol. The average Bonchev–Trinajstić information content (AvgIpc) is 2.89. The van der Waals surface area contributed by atoms with Crippen molar-refractivity contribution >= 4 is 17.2 Å². The summed E-state index contributed by atoms with van der Waals surface area (Å²) in [5.41, 5.74) is 1.86. The number of aromatic nitrogens is 1. The van der Waals surface area contributed by atoms with E-state index in [9.17, 15) is 9.59 Å². The Kier molecular flexibility index (Phi) is 5.60. The molecule has 2 rings (SSSR count). The smallest absolute Gasteiger partial charge is 0.307 e. The third-order valence-electron chi connectivity index (χ3n) is 4.09. The predicted octanol–water partition coefficient (Wildman–Crippen LogP) is 2.84. The first-order chi connectivity index (χ1) is 11.0. The highest BCUT2D eigenvalue weighted by Crippen LogP contribution is 2.28. The lowest BCUT2D eigenvalue weighted by molar-refractivity contribution is -0.132. The second kappa shape index (κ2) is 7.46. The monoisotopic (exact) mass is 334 g/mol. The zero-order valence-corrected chi connectivity index (χ0v) is 14.7. The number of hydrogen-bond acceptors (Lipinski definition) is 4. The fraction of sp³-hybridized carbons (Fsp3) is 0.412. The number of nitrogens with zero attached hydrogens (tertiary/aromatic N) is 2. The Balaban J connectivity index is 2.06. The Labute approximate surface area is 140 Å². The Morgan fingerprint density at radius 3 is 2.70 bits per heavy atom. The van der Waals surface area contributed by atoms with Gasteiger partial charge in [-0.05, 0) is 19.9 Å². The number of ether oxygens (including phenoxy) is 1. The molecule has 6 heteroatoms. The molecule has 0 N–H and O–H groups in total. The molecule has 0 bridgehead atoms. The van der Waals surface area contributed by atoms with Gasteiger partial charge in [0.1, 0.15) is 5.75 Å². The van der Waals surface area contributed by atoms with Gasteiger partial charge >= 0.3 is 4.87 Å². The first kappa shape index (κ1) is 17.3. The summed E-state index contributed by atoms with van der Waals surface area (Å²) in [6.07, 6.45) is 0.299. The summed E-state index contributed by atoms with van der Waals surface area (Å²) in [6.45, 7) is 4.26. The van der Waals surface area contributed by atoms with Crippen LogP contribution in [0.1, 0.15) is 30.6 Å². The topological polar surface area (TPSA) is 51.5 Å². The van der Waals surface area contributed by atoms with Crippen molar-refractivity contribution in [3.05, 3.63) is 50.6 Å². The van der Waals surface area contributed by atoms with Crippen molar-refractivity contribution in [1.82, 2.24) is 9.47 Å². The highest BCUT2D eigenvalue weighted by Gasteiger charge is 2.20. The Morgan fingerprint density at radius 2 is 2.09 bits per heavy atom. The lowest BCUT2D eigenvalue weighted by Gasteiger charge is -2.26. The zero-order valence-electron chi connectivity index (χ0n) is 13.9. The summed E-state index contributed by atoms with van der Waals surface area (Å²) in [7, 11) is 3.40. The molecule has 0 saturated carbocycles. The first-order valence-corrected chi connectivity index (χ1v) is 8.37. The van der Waals surface area contributed by atoms with E-state index in [1.54, 1.807) is 23.6 Å². The Bertz CT molecular complexity index is 735. The van der Waals surface area contributed by atoms with Crippen molar-refractivity contribution < 1.29 is 9.53 Å². The maximum atomic E-state index is 12.4. The van der Waals surface area contributed by atoms with E-state index in [1.807, 2.05) is 43.5 Å². The molecule has 0 aliphatic heterocycles. The molecule has 0 spiro atoms. The van der Waals surface area contributed by atoms with Crippen LogP contribution in [-0.4, -0.2) is 29.5 Å². The average molecular weight is 334 g/mol. The number of benzene rings is 1. The molecule has 2 aromatic rings. The van der Waals surface area contributed by atoms with Crippen LogP contribution in [0.4, 0.5) is 0 Å². The Morgan fingerprint density at radius 1 is 1.39 bits per heavy atom. The minimum atomic E-state index is -0.0982. The van der Waals surface area contributed by atoms with Gasteiger partial charge < -0.3 is 14.2 Å². The molecule has 1 aromatic carbocycles. The number of aryl methyl sites for hydroxylation is 1. The molecule has 1 unspecified atom stereocenters. The number of para-hydroxylation sites is 1. The van der Waals surface area contributed by atoms with Crippen molar-refractivity contribution in [2.45, 2.75) is 32.9 Å². The van der Waals surface area contributed by atoms with Crippen molar-refractivity contribution in [1.29, 1.82) is 0 Å². The lowest BCUT2D eigenvalue weighted by Crippen LogP contribution is -2.31. The van der Waals surface area contributed by atoms with Gasteiger partial charge in [0.05, 0.1) is 13.2 Å². The summed E-state index contributed by atoms with van der Waals surface area (Å²) < 4.78 is 7.01. The van der Waals surface area contributed by atoms with Crippen LogP contribution in [0.15, 0.2) is 34.4 Å². The second-order valence-corrected chi connectivity index (χ2v) is 6.29. The van der Waals surface area contributed by atoms with Gasteiger partial charge in [0.2, 0.25) is 5.91 Å². The van der Waals surface area contributed by atoms with Crippen LogP contribution in [0, 0.1) is 6.92 Å². The van der Waals surface area contributed by atoms with Crippen molar-refractivity contribution in [2.24, 2.45) is 0 Å². The summed E-state index contributed by atoms with van der Waals surface area (Å²) in [5.74, 6) is 0.769. The quantitative estimate of drug-likeness (QED) is 0.816. The third kappa shape index (κ3) is 3.82. The molecular weight excluding hydrogens is 312 g/mol. The molecule has 0 saturated heterocycles. The summed E-state index contributed by atoms with van der Waals surface area (Å²) in [5, 5.41) is 1.81. The summed E-state index contributed by atoms with van der Waals surface area (Å²) in [4.78, 5) is 25.8. The van der Waals surface area contributed by atoms with Crippen LogP contribution < -0.4 is 9.61 Å². The fourth-order valence-corrected chi connectivity index (χ4v) is 3.26. The van der Waals surface area contributed by atoms with Gasteiger partial charge in [0, 0.05) is 36.7 Å². The third-order valence-corrected chi connectivity index (χ3v) is 4.97. The number of hydrogen-bond donors (Lipinski definition) is 0. The SMILES string of the molecule is COc1ccccc1C(C)N(C)C(=O)CCn1c(C)csc1=O. The molecule has 23 heavy (non-hydrogen) atoms. The van der Waals surface area contributed by atoms with Gasteiger partial charge in [-0.1, -0.05) is 29.5 Å². The lowest BCUT2D eigenvalue weighted by atomic mass is 10.1. The number of carbonyl (C=O) groups is 1. The number of carbonyl (C=O) groups excluding carboxylic acids is 1. The Hall–Kier alpha value is -2.08. The molecule has 0 aliphatic carbocycles. The van der Waals surface area contributed by atoms with Gasteiger partial charge in [0.25, 0.3) is 0 Å². The van der Waals surface area contributed by atoms with E-state index in [-0.39, 0.29) is 16.8 Å². The molecule has 0 fully saturated rings. The summed E-state index contributed by atoms with van der Waals surface area (Å²) >= 11 is 1.17. The standard InChI is InChI=1S/C17H22N2O3S/c1-12-11-23-17(21)19(12)10-9-16(20)18(3)13(2)14-7-5-6-8-15(14)22-4/h5-8,11,13H,9-10H2,1-4H3. The second-order valence-electron chi connectivity index (χ2n) is 5.47. The van der Waals surface area contributed by atoms with E-state index in [0.717, 1.165) is 17.0 Å². The molecule has 1 heterocycles. The van der Waals surface area contributed by atoms with Gasteiger partial charge in [0.15, 0.2) is 0 Å². The van der Waals surface area contributed by atoms with Crippen LogP contribution in [0.25, 0.3) is 0 Å². The molecular formula is C17H22N2O3S. The number of methoxy groups -OCH3 is 1. The van der Waals surface area contributed by atoms with E-state index in [1.165, 1.54) is 11.3 Å². The minimum absolute atomic E-state index is 0.000839. The zero-order chi connectivity index (χ0) is 17.0. The maximum Gasteiger partial charge on any atom is 0.307 e. The number of thiazole rings is 1. The van der Waals surface area contributed by atoms with Gasteiger partial charge in [-0.25, -0.2) is 0 Å². The summed E-state index contributed by atoms with van der Waals surface area (Å²) in [6, 6.07) is 7.59. The van der Waals surface area contributed by atoms with E-state index in [2.05, 4.69) is 0 Å². The first-order valence-electron chi connectivity index (χ1n) is 7.49.